The molecule has 19 heavy (non-hydrogen) atoms. The zero-order valence-corrected chi connectivity index (χ0v) is 12.3. The summed E-state index contributed by atoms with van der Waals surface area (Å²) in [7, 11) is -0.843. The zero-order chi connectivity index (χ0) is 14.0. The Morgan fingerprint density at radius 3 is 2.21 bits per heavy atom. The average molecular weight is 322 g/mol. The molecule has 1 heterocycles. The van der Waals surface area contributed by atoms with Gasteiger partial charge in [0.25, 0.3) is 0 Å². The lowest BCUT2D eigenvalue weighted by atomic mass is 10.1. The molecule has 1 saturated heterocycles. The third-order valence-corrected chi connectivity index (χ3v) is 4.72. The lowest BCUT2D eigenvalue weighted by Crippen LogP contribution is -2.43. The van der Waals surface area contributed by atoms with Gasteiger partial charge in [-0.2, -0.15) is 0 Å². The van der Waals surface area contributed by atoms with Gasteiger partial charge in [-0.15, -0.1) is 0 Å². The SMILES string of the molecule is O=C(O)C(c1cc(Cl)cc(Cl)c1)N1CCS(=O)CC1. The van der Waals surface area contributed by atoms with E-state index >= 15 is 0 Å². The topological polar surface area (TPSA) is 57.6 Å². The lowest BCUT2D eigenvalue weighted by molar-refractivity contribution is -0.143. The molecular weight excluding hydrogens is 309 g/mol. The molecule has 0 radical (unpaired) electrons. The van der Waals surface area contributed by atoms with Crippen molar-refractivity contribution in [3.63, 3.8) is 0 Å². The van der Waals surface area contributed by atoms with Crippen LogP contribution in [-0.2, 0) is 15.6 Å². The highest BCUT2D eigenvalue weighted by molar-refractivity contribution is 7.85. The lowest BCUT2D eigenvalue weighted by Gasteiger charge is -2.31. The van der Waals surface area contributed by atoms with Gasteiger partial charge in [0.15, 0.2) is 0 Å². The highest BCUT2D eigenvalue weighted by atomic mass is 35.5. The highest BCUT2D eigenvalue weighted by Gasteiger charge is 2.30. The van der Waals surface area contributed by atoms with Crippen molar-refractivity contribution in [1.29, 1.82) is 0 Å². The second-order valence-corrected chi connectivity index (χ2v) is 6.90. The first-order chi connectivity index (χ1) is 8.97. The van der Waals surface area contributed by atoms with Gasteiger partial charge >= 0.3 is 5.97 Å². The molecule has 0 aromatic heterocycles. The van der Waals surface area contributed by atoms with E-state index in [2.05, 4.69) is 0 Å². The minimum absolute atomic E-state index is 0.411. The molecule has 1 N–H and O–H groups in total. The Morgan fingerprint density at radius 1 is 1.21 bits per heavy atom. The summed E-state index contributed by atoms with van der Waals surface area (Å²) in [6.45, 7) is 0.988. The molecule has 1 aliphatic rings. The van der Waals surface area contributed by atoms with Crippen molar-refractivity contribution < 1.29 is 14.1 Å². The van der Waals surface area contributed by atoms with Crippen molar-refractivity contribution in [3.8, 4) is 0 Å². The molecule has 2 rings (SSSR count). The van der Waals surface area contributed by atoms with Crippen LogP contribution in [0.25, 0.3) is 0 Å². The summed E-state index contributed by atoms with van der Waals surface area (Å²) in [5, 5.41) is 10.2. The Morgan fingerprint density at radius 2 is 1.74 bits per heavy atom. The van der Waals surface area contributed by atoms with E-state index in [0.29, 0.717) is 40.2 Å². The maximum atomic E-state index is 11.5. The summed E-state index contributed by atoms with van der Waals surface area (Å²) in [6.07, 6.45) is 0. The third kappa shape index (κ3) is 3.69. The number of rotatable bonds is 3. The van der Waals surface area contributed by atoms with Crippen LogP contribution in [0, 0.1) is 0 Å². The van der Waals surface area contributed by atoms with Crippen LogP contribution in [-0.4, -0.2) is 44.8 Å². The third-order valence-electron chi connectivity index (χ3n) is 3.01. The molecular formula is C12H13Cl2NO3S. The van der Waals surface area contributed by atoms with Crippen LogP contribution in [0.5, 0.6) is 0 Å². The van der Waals surface area contributed by atoms with Gasteiger partial charge in [0.1, 0.15) is 6.04 Å². The van der Waals surface area contributed by atoms with Crippen molar-refractivity contribution >= 4 is 40.0 Å². The number of carboxylic acids is 1. The summed E-state index contributed by atoms with van der Waals surface area (Å²) >= 11 is 11.8. The molecule has 1 aromatic rings. The van der Waals surface area contributed by atoms with Crippen LogP contribution in [0.4, 0.5) is 0 Å². The fraction of sp³-hybridized carbons (Fsp3) is 0.417. The number of hydrogen-bond donors (Lipinski definition) is 1. The predicted octanol–water partition coefficient (Wildman–Crippen LogP) is 2.18. The Kier molecular flexibility index (Phi) is 4.84. The molecule has 0 amide bonds. The first kappa shape index (κ1) is 14.8. The number of benzene rings is 1. The summed E-state index contributed by atoms with van der Waals surface area (Å²) in [6, 6.07) is 3.99. The Bertz CT molecular complexity index is 493. The number of carboxylic acid groups (broad SMARTS) is 1. The minimum atomic E-state index is -0.953. The Hall–Kier alpha value is -0.620. The van der Waals surface area contributed by atoms with Gasteiger partial charge in [-0.1, -0.05) is 23.2 Å². The van der Waals surface area contributed by atoms with Crippen LogP contribution in [0.2, 0.25) is 10.0 Å². The first-order valence-electron chi connectivity index (χ1n) is 5.75. The standard InChI is InChI=1S/C12H13Cl2NO3S/c13-9-5-8(6-10(14)7-9)11(12(16)17)15-1-3-19(18)4-2-15/h5-7,11H,1-4H2,(H,16,17). The smallest absolute Gasteiger partial charge is 0.325 e. The molecule has 1 atom stereocenters. The van der Waals surface area contributed by atoms with E-state index in [-0.39, 0.29) is 0 Å². The van der Waals surface area contributed by atoms with Crippen molar-refractivity contribution in [3.05, 3.63) is 33.8 Å². The van der Waals surface area contributed by atoms with E-state index in [4.69, 9.17) is 23.2 Å². The van der Waals surface area contributed by atoms with E-state index < -0.39 is 22.8 Å². The van der Waals surface area contributed by atoms with Crippen molar-refractivity contribution in [2.75, 3.05) is 24.6 Å². The first-order valence-corrected chi connectivity index (χ1v) is 7.99. The maximum Gasteiger partial charge on any atom is 0.325 e. The van der Waals surface area contributed by atoms with Gasteiger partial charge in [-0.05, 0) is 23.8 Å². The number of aliphatic carboxylic acids is 1. The van der Waals surface area contributed by atoms with E-state index in [1.165, 1.54) is 0 Å². The molecule has 1 fully saturated rings. The van der Waals surface area contributed by atoms with Crippen LogP contribution in [0.1, 0.15) is 11.6 Å². The van der Waals surface area contributed by atoms with Gasteiger partial charge in [0.05, 0.1) is 0 Å². The normalized spacial score (nSPS) is 19.3. The zero-order valence-electron chi connectivity index (χ0n) is 10.0. The van der Waals surface area contributed by atoms with Gasteiger partial charge in [-0.25, -0.2) is 0 Å². The van der Waals surface area contributed by atoms with Crippen molar-refractivity contribution in [2.45, 2.75) is 6.04 Å². The summed E-state index contributed by atoms with van der Waals surface area (Å²) in [5.74, 6) is 0.0434. The van der Waals surface area contributed by atoms with E-state index in [9.17, 15) is 14.1 Å². The van der Waals surface area contributed by atoms with E-state index in [1.54, 1.807) is 23.1 Å². The second kappa shape index (κ2) is 6.22. The van der Waals surface area contributed by atoms with E-state index in [0.717, 1.165) is 0 Å². The highest BCUT2D eigenvalue weighted by Crippen LogP contribution is 2.28. The van der Waals surface area contributed by atoms with Gasteiger partial charge in [0.2, 0.25) is 0 Å². The van der Waals surface area contributed by atoms with Gasteiger partial charge < -0.3 is 5.11 Å². The molecule has 4 nitrogen and oxygen atoms in total. The van der Waals surface area contributed by atoms with E-state index in [1.807, 2.05) is 0 Å². The average Bonchev–Trinajstić information content (AvgIpc) is 2.30. The number of carbonyl (C=O) groups is 1. The van der Waals surface area contributed by atoms with Crippen LogP contribution in [0.3, 0.4) is 0 Å². The second-order valence-electron chi connectivity index (χ2n) is 4.33. The fourth-order valence-electron chi connectivity index (χ4n) is 2.15. The Labute approximate surface area is 123 Å². The number of halogens is 2. The van der Waals surface area contributed by atoms with Crippen LogP contribution >= 0.6 is 23.2 Å². The van der Waals surface area contributed by atoms with Crippen molar-refractivity contribution in [1.82, 2.24) is 4.90 Å². The van der Waals surface area contributed by atoms with Crippen LogP contribution in [0.15, 0.2) is 18.2 Å². The Balaban J connectivity index is 2.29. The van der Waals surface area contributed by atoms with Gasteiger partial charge in [0, 0.05) is 45.4 Å². The molecule has 0 spiro atoms. The molecule has 104 valence electrons. The maximum absolute atomic E-state index is 11.5. The van der Waals surface area contributed by atoms with Gasteiger partial charge in [-0.3, -0.25) is 13.9 Å². The molecule has 0 aliphatic carbocycles. The molecule has 1 aromatic carbocycles. The summed E-state index contributed by atoms with van der Waals surface area (Å²) in [5.41, 5.74) is 0.553. The number of nitrogens with zero attached hydrogens (tertiary/aromatic N) is 1. The molecule has 1 unspecified atom stereocenters. The minimum Gasteiger partial charge on any atom is -0.480 e. The van der Waals surface area contributed by atoms with Crippen LogP contribution < -0.4 is 0 Å². The molecule has 0 saturated carbocycles. The van der Waals surface area contributed by atoms with Crippen molar-refractivity contribution in [2.24, 2.45) is 0 Å². The summed E-state index contributed by atoms with van der Waals surface area (Å²) in [4.78, 5) is 13.3. The molecule has 1 aliphatic heterocycles. The largest absolute Gasteiger partial charge is 0.480 e. The molecule has 7 heteroatoms. The molecule has 0 bridgehead atoms. The quantitative estimate of drug-likeness (QED) is 0.927. The summed E-state index contributed by atoms with van der Waals surface area (Å²) < 4.78 is 11.3. The predicted molar refractivity (Wildman–Crippen MR) is 76.3 cm³/mol. The monoisotopic (exact) mass is 321 g/mol. The fourth-order valence-corrected chi connectivity index (χ4v) is 3.78. The number of hydrogen-bond acceptors (Lipinski definition) is 3.